The van der Waals surface area contributed by atoms with Crippen LogP contribution in [-0.2, 0) is 16.1 Å². The van der Waals surface area contributed by atoms with Crippen molar-refractivity contribution in [1.82, 2.24) is 10.3 Å². The Morgan fingerprint density at radius 2 is 2.00 bits per heavy atom. The van der Waals surface area contributed by atoms with E-state index < -0.39 is 6.04 Å². The van der Waals surface area contributed by atoms with Crippen LogP contribution in [0, 0.1) is 6.92 Å². The Bertz CT molecular complexity index is 567. The molecule has 2 rings (SSSR count). The van der Waals surface area contributed by atoms with Crippen molar-refractivity contribution in [3.8, 4) is 0 Å². The third-order valence-electron chi connectivity index (χ3n) is 3.14. The van der Waals surface area contributed by atoms with Crippen molar-refractivity contribution in [2.45, 2.75) is 26.4 Å². The molecule has 0 aliphatic heterocycles. The normalized spacial score (nSPS) is 11.9. The molecular weight excluding hydrogens is 264 g/mol. The molecule has 1 atom stereocenters. The van der Waals surface area contributed by atoms with Crippen LogP contribution in [0.1, 0.15) is 29.8 Å². The molecule has 2 aromatic rings. The summed E-state index contributed by atoms with van der Waals surface area (Å²) in [5.74, 6) is -0.279. The van der Waals surface area contributed by atoms with Gasteiger partial charge in [0.15, 0.2) is 0 Å². The van der Waals surface area contributed by atoms with E-state index in [9.17, 15) is 4.79 Å². The van der Waals surface area contributed by atoms with E-state index in [-0.39, 0.29) is 5.97 Å². The SMILES string of the molecule is CCOC(=O)C(NCc1ccccc1)c1ccc(C)nc1. The van der Waals surface area contributed by atoms with Gasteiger partial charge in [0, 0.05) is 18.4 Å². The maximum atomic E-state index is 12.1. The number of nitrogens with zero attached hydrogens (tertiary/aromatic N) is 1. The van der Waals surface area contributed by atoms with E-state index >= 15 is 0 Å². The molecule has 0 amide bonds. The smallest absolute Gasteiger partial charge is 0.327 e. The number of hydrogen-bond donors (Lipinski definition) is 1. The number of aromatic nitrogens is 1. The quantitative estimate of drug-likeness (QED) is 0.829. The zero-order valence-electron chi connectivity index (χ0n) is 12.4. The van der Waals surface area contributed by atoms with Gasteiger partial charge in [-0.1, -0.05) is 36.4 Å². The van der Waals surface area contributed by atoms with Crippen LogP contribution in [0.4, 0.5) is 0 Å². The van der Waals surface area contributed by atoms with Gasteiger partial charge in [-0.15, -0.1) is 0 Å². The van der Waals surface area contributed by atoms with Crippen LogP contribution < -0.4 is 5.32 Å². The Labute approximate surface area is 125 Å². The summed E-state index contributed by atoms with van der Waals surface area (Å²) in [6, 6.07) is 13.3. The van der Waals surface area contributed by atoms with Gasteiger partial charge in [0.25, 0.3) is 0 Å². The van der Waals surface area contributed by atoms with E-state index in [0.717, 1.165) is 16.8 Å². The van der Waals surface area contributed by atoms with Crippen molar-refractivity contribution in [2.75, 3.05) is 6.61 Å². The van der Waals surface area contributed by atoms with Crippen molar-refractivity contribution in [3.05, 3.63) is 65.5 Å². The summed E-state index contributed by atoms with van der Waals surface area (Å²) in [6.45, 7) is 4.68. The van der Waals surface area contributed by atoms with E-state index in [1.54, 1.807) is 13.1 Å². The topological polar surface area (TPSA) is 51.2 Å². The third-order valence-corrected chi connectivity index (χ3v) is 3.14. The molecule has 0 spiro atoms. The Kier molecular flexibility index (Phi) is 5.46. The fraction of sp³-hybridized carbons (Fsp3) is 0.294. The highest BCUT2D eigenvalue weighted by Gasteiger charge is 2.21. The number of nitrogens with one attached hydrogen (secondary N) is 1. The average Bonchev–Trinajstić information content (AvgIpc) is 2.50. The van der Waals surface area contributed by atoms with Crippen LogP contribution in [0.2, 0.25) is 0 Å². The molecule has 0 saturated carbocycles. The number of pyridine rings is 1. The molecule has 4 heteroatoms. The van der Waals surface area contributed by atoms with Crippen molar-refractivity contribution in [2.24, 2.45) is 0 Å². The first-order valence-corrected chi connectivity index (χ1v) is 7.07. The minimum absolute atomic E-state index is 0.279. The third kappa shape index (κ3) is 4.39. The average molecular weight is 284 g/mol. The molecule has 1 heterocycles. The highest BCUT2D eigenvalue weighted by molar-refractivity contribution is 5.77. The maximum absolute atomic E-state index is 12.1. The molecule has 1 N–H and O–H groups in total. The van der Waals surface area contributed by atoms with Crippen molar-refractivity contribution >= 4 is 5.97 Å². The van der Waals surface area contributed by atoms with Gasteiger partial charge in [0.05, 0.1) is 6.61 Å². The van der Waals surface area contributed by atoms with Crippen LogP contribution in [-0.4, -0.2) is 17.6 Å². The number of ether oxygens (including phenoxy) is 1. The second-order valence-corrected chi connectivity index (χ2v) is 4.78. The Hall–Kier alpha value is -2.20. The van der Waals surface area contributed by atoms with Gasteiger partial charge in [-0.05, 0) is 31.0 Å². The van der Waals surface area contributed by atoms with E-state index in [1.165, 1.54) is 0 Å². The standard InChI is InChI=1S/C17H20N2O2/c1-3-21-17(20)16(15-10-9-13(2)18-12-15)19-11-14-7-5-4-6-8-14/h4-10,12,16,19H,3,11H2,1-2H3. The van der Waals surface area contributed by atoms with Crippen LogP contribution >= 0.6 is 0 Å². The van der Waals surface area contributed by atoms with Gasteiger partial charge < -0.3 is 4.74 Å². The fourth-order valence-corrected chi connectivity index (χ4v) is 2.03. The van der Waals surface area contributed by atoms with Gasteiger partial charge in [-0.2, -0.15) is 0 Å². The number of rotatable bonds is 6. The molecule has 1 aromatic heterocycles. The van der Waals surface area contributed by atoms with Crippen LogP contribution in [0.5, 0.6) is 0 Å². The molecule has 0 bridgehead atoms. The zero-order chi connectivity index (χ0) is 15.1. The number of esters is 1. The highest BCUT2D eigenvalue weighted by atomic mass is 16.5. The first-order chi connectivity index (χ1) is 10.2. The van der Waals surface area contributed by atoms with Gasteiger partial charge in [-0.3, -0.25) is 10.3 Å². The van der Waals surface area contributed by atoms with E-state index in [4.69, 9.17) is 4.74 Å². The highest BCUT2D eigenvalue weighted by Crippen LogP contribution is 2.15. The minimum atomic E-state index is -0.502. The molecule has 1 unspecified atom stereocenters. The van der Waals surface area contributed by atoms with Gasteiger partial charge >= 0.3 is 5.97 Å². The van der Waals surface area contributed by atoms with E-state index in [2.05, 4.69) is 10.3 Å². The number of benzene rings is 1. The van der Waals surface area contributed by atoms with E-state index in [0.29, 0.717) is 13.2 Å². The predicted octanol–water partition coefficient (Wildman–Crippen LogP) is 2.78. The predicted molar refractivity (Wildman–Crippen MR) is 81.6 cm³/mol. The molecule has 4 nitrogen and oxygen atoms in total. The summed E-state index contributed by atoms with van der Waals surface area (Å²) < 4.78 is 5.15. The maximum Gasteiger partial charge on any atom is 0.327 e. The molecule has 0 aliphatic rings. The van der Waals surface area contributed by atoms with Crippen LogP contribution in [0.15, 0.2) is 48.7 Å². The second-order valence-electron chi connectivity index (χ2n) is 4.78. The lowest BCUT2D eigenvalue weighted by Gasteiger charge is -2.17. The molecule has 110 valence electrons. The lowest BCUT2D eigenvalue weighted by Crippen LogP contribution is -2.30. The second kappa shape index (κ2) is 7.55. The number of aryl methyl sites for hydroxylation is 1. The molecule has 0 radical (unpaired) electrons. The summed E-state index contributed by atoms with van der Waals surface area (Å²) in [6.07, 6.45) is 1.72. The summed E-state index contributed by atoms with van der Waals surface area (Å²) in [5, 5.41) is 3.24. The largest absolute Gasteiger partial charge is 0.465 e. The van der Waals surface area contributed by atoms with Crippen molar-refractivity contribution in [1.29, 1.82) is 0 Å². The fourth-order valence-electron chi connectivity index (χ4n) is 2.03. The summed E-state index contributed by atoms with van der Waals surface area (Å²) in [4.78, 5) is 16.4. The Balaban J connectivity index is 2.12. The monoisotopic (exact) mass is 284 g/mol. The number of carbonyl (C=O) groups excluding carboxylic acids is 1. The number of hydrogen-bond acceptors (Lipinski definition) is 4. The molecule has 1 aromatic carbocycles. The summed E-state index contributed by atoms with van der Waals surface area (Å²) >= 11 is 0. The Morgan fingerprint density at radius 3 is 2.62 bits per heavy atom. The number of carbonyl (C=O) groups is 1. The molecule has 0 aliphatic carbocycles. The van der Waals surface area contributed by atoms with Gasteiger partial charge in [0.2, 0.25) is 0 Å². The minimum Gasteiger partial charge on any atom is -0.465 e. The molecule has 0 saturated heterocycles. The molecule has 0 fully saturated rings. The summed E-state index contributed by atoms with van der Waals surface area (Å²) in [7, 11) is 0. The molecule has 21 heavy (non-hydrogen) atoms. The lowest BCUT2D eigenvalue weighted by molar-refractivity contribution is -0.145. The summed E-state index contributed by atoms with van der Waals surface area (Å²) in [5.41, 5.74) is 2.85. The van der Waals surface area contributed by atoms with Gasteiger partial charge in [-0.25, -0.2) is 4.79 Å². The van der Waals surface area contributed by atoms with Gasteiger partial charge in [0.1, 0.15) is 6.04 Å². The Morgan fingerprint density at radius 1 is 1.24 bits per heavy atom. The van der Waals surface area contributed by atoms with Crippen molar-refractivity contribution in [3.63, 3.8) is 0 Å². The first kappa shape index (κ1) is 15.2. The van der Waals surface area contributed by atoms with Crippen LogP contribution in [0.3, 0.4) is 0 Å². The zero-order valence-corrected chi connectivity index (χ0v) is 12.4. The molecular formula is C17H20N2O2. The van der Waals surface area contributed by atoms with Crippen molar-refractivity contribution < 1.29 is 9.53 Å². The van der Waals surface area contributed by atoms with E-state index in [1.807, 2.05) is 49.4 Å². The first-order valence-electron chi connectivity index (χ1n) is 7.07. The van der Waals surface area contributed by atoms with Crippen LogP contribution in [0.25, 0.3) is 0 Å². The lowest BCUT2D eigenvalue weighted by atomic mass is 10.1.